The van der Waals surface area contributed by atoms with E-state index in [2.05, 4.69) is 0 Å². The van der Waals surface area contributed by atoms with Crippen LogP contribution >= 0.6 is 0 Å². The van der Waals surface area contributed by atoms with Crippen molar-refractivity contribution in [3.63, 3.8) is 0 Å². The average molecular weight is 186 g/mol. The zero-order chi connectivity index (χ0) is 9.68. The van der Waals surface area contributed by atoms with Gasteiger partial charge in [0.1, 0.15) is 0 Å². The number of ether oxygens (including phenoxy) is 1. The molecular formula is C9H18N2O2. The summed E-state index contributed by atoms with van der Waals surface area (Å²) in [6, 6.07) is 0.152. The third kappa shape index (κ3) is 3.32. The highest BCUT2D eigenvalue weighted by Crippen LogP contribution is 2.09. The normalized spacial score (nSPS) is 23.7. The zero-order valence-electron chi connectivity index (χ0n) is 8.16. The molecule has 1 unspecified atom stereocenters. The topological polar surface area (TPSA) is 55.6 Å². The van der Waals surface area contributed by atoms with Crippen LogP contribution in [0.2, 0.25) is 0 Å². The van der Waals surface area contributed by atoms with Crippen molar-refractivity contribution >= 4 is 5.91 Å². The fourth-order valence-corrected chi connectivity index (χ4v) is 1.48. The van der Waals surface area contributed by atoms with Crippen molar-refractivity contribution in [2.75, 3.05) is 26.3 Å². The highest BCUT2D eigenvalue weighted by Gasteiger charge is 2.22. The average Bonchev–Trinajstić information content (AvgIpc) is 2.11. The van der Waals surface area contributed by atoms with Gasteiger partial charge in [0, 0.05) is 32.2 Å². The molecule has 1 atom stereocenters. The second-order valence-electron chi connectivity index (χ2n) is 3.34. The number of carbonyl (C=O) groups excluding carboxylic acids is 1. The molecule has 0 aromatic rings. The molecule has 1 fully saturated rings. The maximum atomic E-state index is 11.3. The molecule has 1 rings (SSSR count). The maximum absolute atomic E-state index is 11.3. The van der Waals surface area contributed by atoms with Crippen LogP contribution in [0, 0.1) is 0 Å². The molecule has 0 radical (unpaired) electrons. The van der Waals surface area contributed by atoms with Gasteiger partial charge in [-0.15, -0.1) is 0 Å². The van der Waals surface area contributed by atoms with E-state index in [9.17, 15) is 4.79 Å². The predicted octanol–water partition coefficient (Wildman–Crippen LogP) is -0.0274. The Balaban J connectivity index is 2.25. The Hall–Kier alpha value is -0.610. The molecule has 0 bridgehead atoms. The van der Waals surface area contributed by atoms with Crippen LogP contribution in [-0.4, -0.2) is 43.2 Å². The number of nitrogens with zero attached hydrogens (tertiary/aromatic N) is 1. The minimum Gasteiger partial charge on any atom is -0.380 e. The van der Waals surface area contributed by atoms with Gasteiger partial charge in [-0.1, -0.05) is 0 Å². The lowest BCUT2D eigenvalue weighted by atomic mass is 10.1. The molecule has 0 saturated carbocycles. The second kappa shape index (κ2) is 5.19. The first kappa shape index (κ1) is 10.5. The summed E-state index contributed by atoms with van der Waals surface area (Å²) in [5.74, 6) is 0.210. The Morgan fingerprint density at radius 1 is 1.69 bits per heavy atom. The van der Waals surface area contributed by atoms with Crippen molar-refractivity contribution in [1.29, 1.82) is 0 Å². The monoisotopic (exact) mass is 186 g/mol. The Labute approximate surface area is 79.0 Å². The smallest absolute Gasteiger partial charge is 0.222 e. The summed E-state index contributed by atoms with van der Waals surface area (Å²) in [5, 5.41) is 0. The van der Waals surface area contributed by atoms with Crippen molar-refractivity contribution in [3.05, 3.63) is 0 Å². The van der Waals surface area contributed by atoms with Crippen LogP contribution in [0.3, 0.4) is 0 Å². The van der Waals surface area contributed by atoms with E-state index >= 15 is 0 Å². The van der Waals surface area contributed by atoms with Crippen LogP contribution in [0.1, 0.15) is 19.8 Å². The van der Waals surface area contributed by atoms with Crippen molar-refractivity contribution in [2.24, 2.45) is 5.73 Å². The van der Waals surface area contributed by atoms with Crippen molar-refractivity contribution in [3.8, 4) is 0 Å². The van der Waals surface area contributed by atoms with Crippen molar-refractivity contribution in [2.45, 2.75) is 25.8 Å². The molecule has 13 heavy (non-hydrogen) atoms. The molecule has 0 aliphatic carbocycles. The first-order chi connectivity index (χ1) is 6.24. The molecule has 76 valence electrons. The third-order valence-corrected chi connectivity index (χ3v) is 2.25. The number of hydrogen-bond acceptors (Lipinski definition) is 3. The fraction of sp³-hybridized carbons (Fsp3) is 0.889. The molecule has 0 aromatic heterocycles. The summed E-state index contributed by atoms with van der Waals surface area (Å²) >= 11 is 0. The first-order valence-electron chi connectivity index (χ1n) is 4.85. The molecule has 1 amide bonds. The van der Waals surface area contributed by atoms with Gasteiger partial charge < -0.3 is 15.4 Å². The van der Waals surface area contributed by atoms with Gasteiger partial charge >= 0.3 is 0 Å². The quantitative estimate of drug-likeness (QED) is 0.627. The SMILES string of the molecule is CCOCCN1CC(N)CCC1=O. The van der Waals surface area contributed by atoms with E-state index < -0.39 is 0 Å². The molecule has 4 nitrogen and oxygen atoms in total. The van der Waals surface area contributed by atoms with Crippen LogP contribution < -0.4 is 5.73 Å². The summed E-state index contributed by atoms with van der Waals surface area (Å²) in [7, 11) is 0. The van der Waals surface area contributed by atoms with Gasteiger partial charge in [-0.05, 0) is 13.3 Å². The minimum atomic E-state index is 0.152. The lowest BCUT2D eigenvalue weighted by Crippen LogP contribution is -2.47. The highest BCUT2D eigenvalue weighted by atomic mass is 16.5. The van der Waals surface area contributed by atoms with E-state index in [1.54, 1.807) is 4.90 Å². The molecule has 1 heterocycles. The number of amides is 1. The van der Waals surface area contributed by atoms with Crippen LogP contribution in [0.5, 0.6) is 0 Å². The van der Waals surface area contributed by atoms with Crippen LogP contribution in [0.25, 0.3) is 0 Å². The van der Waals surface area contributed by atoms with Crippen LogP contribution in [-0.2, 0) is 9.53 Å². The Morgan fingerprint density at radius 2 is 2.46 bits per heavy atom. The largest absolute Gasteiger partial charge is 0.380 e. The number of likely N-dealkylation sites (tertiary alicyclic amines) is 1. The van der Waals surface area contributed by atoms with E-state index in [1.807, 2.05) is 6.92 Å². The van der Waals surface area contributed by atoms with Gasteiger partial charge in [0.05, 0.1) is 6.61 Å². The van der Waals surface area contributed by atoms with Crippen molar-refractivity contribution in [1.82, 2.24) is 4.90 Å². The molecule has 0 aromatic carbocycles. The summed E-state index contributed by atoms with van der Waals surface area (Å²) < 4.78 is 5.19. The molecule has 1 aliphatic heterocycles. The summed E-state index contributed by atoms with van der Waals surface area (Å²) in [6.45, 7) is 4.64. The molecule has 0 spiro atoms. The number of nitrogens with two attached hydrogens (primary N) is 1. The van der Waals surface area contributed by atoms with E-state index in [1.165, 1.54) is 0 Å². The molecular weight excluding hydrogens is 168 g/mol. The van der Waals surface area contributed by atoms with Gasteiger partial charge in [0.15, 0.2) is 0 Å². The summed E-state index contributed by atoms with van der Waals surface area (Å²) in [4.78, 5) is 13.1. The Morgan fingerprint density at radius 3 is 3.15 bits per heavy atom. The van der Waals surface area contributed by atoms with Crippen molar-refractivity contribution < 1.29 is 9.53 Å². The van der Waals surface area contributed by atoms with Crippen LogP contribution in [0.4, 0.5) is 0 Å². The molecule has 1 saturated heterocycles. The lowest BCUT2D eigenvalue weighted by Gasteiger charge is -2.30. The van der Waals surface area contributed by atoms with E-state index in [0.29, 0.717) is 32.7 Å². The third-order valence-electron chi connectivity index (χ3n) is 2.25. The minimum absolute atomic E-state index is 0.152. The Kier molecular flexibility index (Phi) is 4.18. The van der Waals surface area contributed by atoms with E-state index in [-0.39, 0.29) is 11.9 Å². The summed E-state index contributed by atoms with van der Waals surface area (Å²) in [6.07, 6.45) is 1.41. The lowest BCUT2D eigenvalue weighted by molar-refractivity contribution is -0.134. The standard InChI is InChI=1S/C9H18N2O2/c1-2-13-6-5-11-7-8(10)3-4-9(11)12/h8H,2-7,10H2,1H3. The van der Waals surface area contributed by atoms with Gasteiger partial charge in [0.25, 0.3) is 0 Å². The number of hydrogen-bond donors (Lipinski definition) is 1. The van der Waals surface area contributed by atoms with Gasteiger partial charge in [-0.25, -0.2) is 0 Å². The fourth-order valence-electron chi connectivity index (χ4n) is 1.48. The second-order valence-corrected chi connectivity index (χ2v) is 3.34. The van der Waals surface area contributed by atoms with E-state index in [4.69, 9.17) is 10.5 Å². The van der Waals surface area contributed by atoms with Gasteiger partial charge in [0.2, 0.25) is 5.91 Å². The maximum Gasteiger partial charge on any atom is 0.222 e. The summed E-state index contributed by atoms with van der Waals surface area (Å²) in [5.41, 5.74) is 5.76. The van der Waals surface area contributed by atoms with Crippen LogP contribution in [0.15, 0.2) is 0 Å². The number of piperidine rings is 1. The first-order valence-corrected chi connectivity index (χ1v) is 4.85. The molecule has 4 heteroatoms. The zero-order valence-corrected chi connectivity index (χ0v) is 8.16. The Bertz CT molecular complexity index is 173. The van der Waals surface area contributed by atoms with E-state index in [0.717, 1.165) is 6.42 Å². The van der Waals surface area contributed by atoms with Gasteiger partial charge in [-0.2, -0.15) is 0 Å². The molecule has 1 aliphatic rings. The predicted molar refractivity (Wildman–Crippen MR) is 50.3 cm³/mol. The van der Waals surface area contributed by atoms with Gasteiger partial charge in [-0.3, -0.25) is 4.79 Å². The number of carbonyl (C=O) groups is 1. The highest BCUT2D eigenvalue weighted by molar-refractivity contribution is 5.77. The number of rotatable bonds is 4. The molecule has 2 N–H and O–H groups in total.